The fraction of sp³-hybridized carbons (Fsp3) is 1.00. The largest absolute Gasteiger partial charge is 0.379 e. The lowest BCUT2D eigenvalue weighted by atomic mass is 9.80. The predicted octanol–water partition coefficient (Wildman–Crippen LogP) is 1.62. The average molecular weight is 228 g/mol. The Morgan fingerprint density at radius 3 is 2.56 bits per heavy atom. The van der Waals surface area contributed by atoms with Gasteiger partial charge in [-0.3, -0.25) is 0 Å². The number of nitrogens with one attached hydrogen (secondary N) is 1. The third-order valence-corrected chi connectivity index (χ3v) is 4.30. The summed E-state index contributed by atoms with van der Waals surface area (Å²) < 4.78 is 5.44. The van der Waals surface area contributed by atoms with Crippen molar-refractivity contribution >= 4 is 0 Å². The summed E-state index contributed by atoms with van der Waals surface area (Å²) in [4.78, 5) is 0. The molecule has 2 atom stereocenters. The van der Waals surface area contributed by atoms with Gasteiger partial charge in [-0.05, 0) is 11.3 Å². The zero-order chi connectivity index (χ0) is 12.4. The summed E-state index contributed by atoms with van der Waals surface area (Å²) in [5.41, 5.74) is 6.50. The van der Waals surface area contributed by atoms with Crippen LogP contribution < -0.4 is 11.1 Å². The lowest BCUT2D eigenvalue weighted by Gasteiger charge is -2.33. The van der Waals surface area contributed by atoms with E-state index in [0.717, 1.165) is 19.7 Å². The first-order chi connectivity index (χ1) is 7.28. The molecule has 16 heavy (non-hydrogen) atoms. The molecular weight excluding hydrogens is 200 g/mol. The van der Waals surface area contributed by atoms with Gasteiger partial charge in [-0.15, -0.1) is 0 Å². The maximum Gasteiger partial charge on any atom is 0.0624 e. The molecule has 1 aliphatic heterocycles. The minimum atomic E-state index is 0.104. The summed E-state index contributed by atoms with van der Waals surface area (Å²) in [6.07, 6.45) is 0. The van der Waals surface area contributed by atoms with Crippen molar-refractivity contribution in [1.29, 1.82) is 0 Å². The molecule has 0 bridgehead atoms. The maximum atomic E-state index is 6.06. The van der Waals surface area contributed by atoms with Crippen molar-refractivity contribution in [2.45, 2.75) is 40.7 Å². The first kappa shape index (κ1) is 13.9. The number of hydrogen-bond acceptors (Lipinski definition) is 3. The highest BCUT2D eigenvalue weighted by molar-refractivity contribution is 4.92. The molecule has 1 saturated heterocycles. The van der Waals surface area contributed by atoms with E-state index in [1.807, 2.05) is 0 Å². The minimum absolute atomic E-state index is 0.104. The Hall–Kier alpha value is -0.120. The van der Waals surface area contributed by atoms with Crippen molar-refractivity contribution in [1.82, 2.24) is 5.32 Å². The molecule has 3 N–H and O–H groups in total. The Balaban J connectivity index is 2.35. The van der Waals surface area contributed by atoms with Crippen molar-refractivity contribution in [3.05, 3.63) is 0 Å². The van der Waals surface area contributed by atoms with Crippen molar-refractivity contribution in [3.63, 3.8) is 0 Å². The highest BCUT2D eigenvalue weighted by Crippen LogP contribution is 2.28. The molecule has 0 aromatic carbocycles. The Kier molecular flexibility index (Phi) is 4.38. The fourth-order valence-corrected chi connectivity index (χ4v) is 1.78. The second-order valence-corrected chi connectivity index (χ2v) is 6.52. The highest BCUT2D eigenvalue weighted by atomic mass is 16.5. The van der Waals surface area contributed by atoms with Crippen molar-refractivity contribution in [2.75, 3.05) is 26.3 Å². The van der Waals surface area contributed by atoms with Crippen LogP contribution in [0.1, 0.15) is 34.6 Å². The molecular formula is C13H28N2O. The zero-order valence-electron chi connectivity index (χ0n) is 11.5. The quantitative estimate of drug-likeness (QED) is 0.752. The first-order valence-corrected chi connectivity index (χ1v) is 6.32. The smallest absolute Gasteiger partial charge is 0.0624 e. The zero-order valence-corrected chi connectivity index (χ0v) is 11.5. The number of nitrogens with two attached hydrogens (primary N) is 1. The first-order valence-electron chi connectivity index (χ1n) is 6.32. The van der Waals surface area contributed by atoms with E-state index in [1.54, 1.807) is 0 Å². The topological polar surface area (TPSA) is 47.3 Å². The molecule has 1 fully saturated rings. The van der Waals surface area contributed by atoms with Gasteiger partial charge >= 0.3 is 0 Å². The van der Waals surface area contributed by atoms with Gasteiger partial charge in [0.2, 0.25) is 0 Å². The molecule has 96 valence electrons. The monoisotopic (exact) mass is 228 g/mol. The van der Waals surface area contributed by atoms with Crippen LogP contribution in [0, 0.1) is 16.7 Å². The molecule has 0 aromatic rings. The van der Waals surface area contributed by atoms with Gasteiger partial charge in [0.25, 0.3) is 0 Å². The van der Waals surface area contributed by atoms with Crippen LogP contribution in [0.5, 0.6) is 0 Å². The van der Waals surface area contributed by atoms with Crippen molar-refractivity contribution in [3.8, 4) is 0 Å². The summed E-state index contributed by atoms with van der Waals surface area (Å²) in [6, 6.07) is 0.169. The maximum absolute atomic E-state index is 6.06. The molecule has 1 aliphatic rings. The average Bonchev–Trinajstić information content (AvgIpc) is 2.46. The summed E-state index contributed by atoms with van der Waals surface area (Å²) in [5.74, 6) is 0.682. The summed E-state index contributed by atoms with van der Waals surface area (Å²) in [5, 5.41) is 3.56. The van der Waals surface area contributed by atoms with Crippen LogP contribution in [0.15, 0.2) is 0 Å². The van der Waals surface area contributed by atoms with E-state index in [2.05, 4.69) is 39.9 Å². The molecule has 0 spiro atoms. The van der Waals surface area contributed by atoms with Gasteiger partial charge in [0.05, 0.1) is 13.2 Å². The molecule has 1 rings (SSSR count). The lowest BCUT2D eigenvalue weighted by Crippen LogP contribution is -2.47. The second kappa shape index (κ2) is 5.03. The summed E-state index contributed by atoms with van der Waals surface area (Å²) in [7, 11) is 0. The molecule has 2 unspecified atom stereocenters. The van der Waals surface area contributed by atoms with Crippen molar-refractivity contribution in [2.24, 2.45) is 22.5 Å². The second-order valence-electron chi connectivity index (χ2n) is 6.52. The highest BCUT2D eigenvalue weighted by Gasteiger charge is 2.37. The summed E-state index contributed by atoms with van der Waals surface area (Å²) in [6.45, 7) is 14.8. The van der Waals surface area contributed by atoms with Crippen LogP contribution in [-0.4, -0.2) is 32.3 Å². The SMILES string of the molecule is CC(C)C(C)(C)CNCC1(C)COCC1N. The van der Waals surface area contributed by atoms with Gasteiger partial charge in [0.1, 0.15) is 0 Å². The molecule has 0 amide bonds. The minimum Gasteiger partial charge on any atom is -0.379 e. The van der Waals surface area contributed by atoms with Gasteiger partial charge in [-0.1, -0.05) is 34.6 Å². The standard InChI is InChI=1S/C13H28N2O/c1-10(2)12(3,4)7-15-8-13(5)9-16-6-11(13)14/h10-11,15H,6-9,14H2,1-5H3. The third-order valence-electron chi connectivity index (χ3n) is 4.30. The molecule has 1 heterocycles. The number of hydrogen-bond donors (Lipinski definition) is 2. The molecule has 0 aromatic heterocycles. The third kappa shape index (κ3) is 3.19. The molecule has 3 nitrogen and oxygen atoms in total. The van der Waals surface area contributed by atoms with E-state index < -0.39 is 0 Å². The molecule has 0 saturated carbocycles. The van der Waals surface area contributed by atoms with Crippen LogP contribution in [0.2, 0.25) is 0 Å². The van der Waals surface area contributed by atoms with E-state index >= 15 is 0 Å². The van der Waals surface area contributed by atoms with E-state index in [1.165, 1.54) is 0 Å². The van der Waals surface area contributed by atoms with Crippen LogP contribution >= 0.6 is 0 Å². The Morgan fingerprint density at radius 1 is 1.50 bits per heavy atom. The Morgan fingerprint density at radius 2 is 2.12 bits per heavy atom. The Labute approximate surface area is 100 Å². The van der Waals surface area contributed by atoms with Crippen LogP contribution in [0.4, 0.5) is 0 Å². The van der Waals surface area contributed by atoms with E-state index in [0.29, 0.717) is 17.9 Å². The number of rotatable bonds is 5. The normalized spacial score (nSPS) is 31.3. The van der Waals surface area contributed by atoms with E-state index in [4.69, 9.17) is 10.5 Å². The molecule has 0 aliphatic carbocycles. The van der Waals surface area contributed by atoms with Gasteiger partial charge in [0, 0.05) is 24.5 Å². The lowest BCUT2D eigenvalue weighted by molar-refractivity contribution is 0.152. The predicted molar refractivity (Wildman–Crippen MR) is 68.4 cm³/mol. The van der Waals surface area contributed by atoms with Gasteiger partial charge < -0.3 is 15.8 Å². The van der Waals surface area contributed by atoms with Crippen molar-refractivity contribution < 1.29 is 4.74 Å². The molecule has 0 radical (unpaired) electrons. The molecule has 3 heteroatoms. The van der Waals surface area contributed by atoms with Crippen LogP contribution in [-0.2, 0) is 4.74 Å². The van der Waals surface area contributed by atoms with Crippen LogP contribution in [0.3, 0.4) is 0 Å². The van der Waals surface area contributed by atoms with E-state index in [-0.39, 0.29) is 11.5 Å². The number of ether oxygens (including phenoxy) is 1. The Bertz CT molecular complexity index is 228. The van der Waals surface area contributed by atoms with Gasteiger partial charge in [0.15, 0.2) is 0 Å². The van der Waals surface area contributed by atoms with Crippen LogP contribution in [0.25, 0.3) is 0 Å². The van der Waals surface area contributed by atoms with Gasteiger partial charge in [-0.25, -0.2) is 0 Å². The van der Waals surface area contributed by atoms with Gasteiger partial charge in [-0.2, -0.15) is 0 Å². The van der Waals surface area contributed by atoms with E-state index in [9.17, 15) is 0 Å². The summed E-state index contributed by atoms with van der Waals surface area (Å²) >= 11 is 0. The fourth-order valence-electron chi connectivity index (χ4n) is 1.78.